The second-order valence-corrected chi connectivity index (χ2v) is 5.90. The number of hydrogen-bond acceptors (Lipinski definition) is 3. The predicted molar refractivity (Wildman–Crippen MR) is 90.7 cm³/mol. The van der Waals surface area contributed by atoms with E-state index >= 15 is 0 Å². The van der Waals surface area contributed by atoms with Crippen LogP contribution >= 0.6 is 11.6 Å². The van der Waals surface area contributed by atoms with Crippen molar-refractivity contribution >= 4 is 23.2 Å². The topological polar surface area (TPSA) is 59.3 Å². The van der Waals surface area contributed by atoms with Gasteiger partial charge in [-0.25, -0.2) is 0 Å². The summed E-state index contributed by atoms with van der Waals surface area (Å²) < 4.78 is 1.84. The van der Waals surface area contributed by atoms with Crippen molar-refractivity contribution in [3.63, 3.8) is 0 Å². The summed E-state index contributed by atoms with van der Waals surface area (Å²) in [5.41, 5.74) is 2.07. The number of nitrogens with zero attached hydrogens (tertiary/aromatic N) is 3. The van der Waals surface area contributed by atoms with Gasteiger partial charge in [-0.1, -0.05) is 30.7 Å². The van der Waals surface area contributed by atoms with Crippen LogP contribution < -0.4 is 5.32 Å². The van der Waals surface area contributed by atoms with Crippen molar-refractivity contribution in [3.8, 4) is 11.4 Å². The highest BCUT2D eigenvalue weighted by atomic mass is 35.5. The molecule has 0 spiro atoms. The molecule has 0 unspecified atom stereocenters. The van der Waals surface area contributed by atoms with E-state index in [0.29, 0.717) is 22.1 Å². The average Bonchev–Trinajstić information content (AvgIpc) is 2.97. The Kier molecular flexibility index (Phi) is 4.30. The molecule has 1 atom stereocenters. The highest BCUT2D eigenvalue weighted by molar-refractivity contribution is 6.30. The van der Waals surface area contributed by atoms with Crippen molar-refractivity contribution in [1.82, 2.24) is 19.9 Å². The number of halogens is 1. The molecule has 0 saturated heterocycles. The van der Waals surface area contributed by atoms with E-state index in [2.05, 4.69) is 15.5 Å². The van der Waals surface area contributed by atoms with Gasteiger partial charge in [0.15, 0.2) is 11.5 Å². The standard InChI is InChI=1S/C17H17ClN4O/c1-3-11(2)19-17(23)13-7-8-22-15(10-13)20-21-16(22)12-5-4-6-14(18)9-12/h4-11H,3H2,1-2H3,(H,19,23)/t11-/m1/s1. The van der Waals surface area contributed by atoms with Crippen LogP contribution in [0.4, 0.5) is 0 Å². The summed E-state index contributed by atoms with van der Waals surface area (Å²) in [4.78, 5) is 12.2. The van der Waals surface area contributed by atoms with Crippen LogP contribution in [-0.2, 0) is 0 Å². The third-order valence-corrected chi connectivity index (χ3v) is 3.98. The van der Waals surface area contributed by atoms with Gasteiger partial charge in [-0.05, 0) is 37.6 Å². The number of nitrogens with one attached hydrogen (secondary N) is 1. The monoisotopic (exact) mass is 328 g/mol. The van der Waals surface area contributed by atoms with Crippen LogP contribution in [0.1, 0.15) is 30.6 Å². The normalized spacial score (nSPS) is 12.3. The van der Waals surface area contributed by atoms with Gasteiger partial charge in [0.2, 0.25) is 0 Å². The molecule has 1 amide bonds. The van der Waals surface area contributed by atoms with Gasteiger partial charge in [0.1, 0.15) is 0 Å². The quantitative estimate of drug-likeness (QED) is 0.796. The van der Waals surface area contributed by atoms with Crippen molar-refractivity contribution in [2.24, 2.45) is 0 Å². The highest BCUT2D eigenvalue weighted by Crippen LogP contribution is 2.22. The molecule has 2 aromatic heterocycles. The molecule has 0 bridgehead atoms. The zero-order chi connectivity index (χ0) is 16.4. The third-order valence-electron chi connectivity index (χ3n) is 3.74. The zero-order valence-corrected chi connectivity index (χ0v) is 13.7. The van der Waals surface area contributed by atoms with Crippen LogP contribution in [0.15, 0.2) is 42.6 Å². The first-order valence-electron chi connectivity index (χ1n) is 7.50. The van der Waals surface area contributed by atoms with Crippen LogP contribution in [0.25, 0.3) is 17.0 Å². The number of carbonyl (C=O) groups is 1. The minimum Gasteiger partial charge on any atom is -0.350 e. The molecule has 0 aliphatic carbocycles. The molecule has 1 N–H and O–H groups in total. The number of fused-ring (bicyclic) bond motifs is 1. The Labute approximate surface area is 139 Å². The number of hydrogen-bond donors (Lipinski definition) is 1. The van der Waals surface area contributed by atoms with Crippen molar-refractivity contribution < 1.29 is 4.79 Å². The lowest BCUT2D eigenvalue weighted by Gasteiger charge is -2.11. The molecule has 6 heteroatoms. The van der Waals surface area contributed by atoms with Crippen LogP contribution in [0.5, 0.6) is 0 Å². The lowest BCUT2D eigenvalue weighted by Crippen LogP contribution is -2.31. The van der Waals surface area contributed by atoms with Crippen LogP contribution in [0.3, 0.4) is 0 Å². The number of carbonyl (C=O) groups excluding carboxylic acids is 1. The second-order valence-electron chi connectivity index (χ2n) is 5.46. The first-order valence-corrected chi connectivity index (χ1v) is 7.88. The molecule has 0 fully saturated rings. The highest BCUT2D eigenvalue weighted by Gasteiger charge is 2.13. The summed E-state index contributed by atoms with van der Waals surface area (Å²) in [6.45, 7) is 4.01. The third kappa shape index (κ3) is 3.19. The molecule has 1 aromatic carbocycles. The van der Waals surface area contributed by atoms with Crippen molar-refractivity contribution in [2.75, 3.05) is 0 Å². The molecule has 5 nitrogen and oxygen atoms in total. The van der Waals surface area contributed by atoms with Gasteiger partial charge in [0, 0.05) is 28.4 Å². The Morgan fingerprint density at radius 2 is 2.13 bits per heavy atom. The van der Waals surface area contributed by atoms with E-state index in [1.165, 1.54) is 0 Å². The van der Waals surface area contributed by atoms with Crippen LogP contribution in [-0.4, -0.2) is 26.5 Å². The first kappa shape index (κ1) is 15.5. The fourth-order valence-corrected chi connectivity index (χ4v) is 2.46. The molecule has 3 rings (SSSR count). The molecule has 23 heavy (non-hydrogen) atoms. The fraction of sp³-hybridized carbons (Fsp3) is 0.235. The summed E-state index contributed by atoms with van der Waals surface area (Å²) in [6, 6.07) is 11.1. The number of benzene rings is 1. The maximum Gasteiger partial charge on any atom is 0.251 e. The van der Waals surface area contributed by atoms with Crippen molar-refractivity contribution in [3.05, 3.63) is 53.2 Å². The maximum atomic E-state index is 12.2. The first-order chi connectivity index (χ1) is 11.1. The summed E-state index contributed by atoms with van der Waals surface area (Å²) in [5, 5.41) is 11.9. The Bertz CT molecular complexity index is 859. The van der Waals surface area contributed by atoms with Crippen molar-refractivity contribution in [1.29, 1.82) is 0 Å². The Morgan fingerprint density at radius 1 is 1.30 bits per heavy atom. The SMILES string of the molecule is CC[C@@H](C)NC(=O)c1ccn2c(-c3cccc(Cl)c3)nnc2c1. The lowest BCUT2D eigenvalue weighted by atomic mass is 10.2. The van der Waals surface area contributed by atoms with E-state index in [1.807, 2.05) is 42.5 Å². The summed E-state index contributed by atoms with van der Waals surface area (Å²) in [7, 11) is 0. The van der Waals surface area contributed by atoms with Gasteiger partial charge >= 0.3 is 0 Å². The molecular weight excluding hydrogens is 312 g/mol. The molecule has 0 aliphatic rings. The zero-order valence-electron chi connectivity index (χ0n) is 13.0. The number of aromatic nitrogens is 3. The van der Waals surface area contributed by atoms with Gasteiger partial charge < -0.3 is 5.32 Å². The van der Waals surface area contributed by atoms with E-state index in [1.54, 1.807) is 18.3 Å². The van der Waals surface area contributed by atoms with E-state index in [9.17, 15) is 4.79 Å². The van der Waals surface area contributed by atoms with Crippen LogP contribution in [0, 0.1) is 0 Å². The summed E-state index contributed by atoms with van der Waals surface area (Å²) >= 11 is 6.03. The van der Waals surface area contributed by atoms with E-state index in [4.69, 9.17) is 11.6 Å². The van der Waals surface area contributed by atoms with Crippen molar-refractivity contribution in [2.45, 2.75) is 26.3 Å². The Hall–Kier alpha value is -2.40. The van der Waals surface area contributed by atoms with Crippen LogP contribution in [0.2, 0.25) is 5.02 Å². The fourth-order valence-electron chi connectivity index (χ4n) is 2.27. The second kappa shape index (κ2) is 6.38. The molecule has 0 aliphatic heterocycles. The molecule has 3 aromatic rings. The number of rotatable bonds is 4. The predicted octanol–water partition coefficient (Wildman–Crippen LogP) is 3.58. The largest absolute Gasteiger partial charge is 0.350 e. The molecule has 0 saturated carbocycles. The van der Waals surface area contributed by atoms with Gasteiger partial charge in [-0.15, -0.1) is 10.2 Å². The number of pyridine rings is 1. The molecule has 0 radical (unpaired) electrons. The van der Waals surface area contributed by atoms with E-state index in [0.717, 1.165) is 12.0 Å². The molecule has 2 heterocycles. The summed E-state index contributed by atoms with van der Waals surface area (Å²) in [5.74, 6) is 0.588. The van der Waals surface area contributed by atoms with Gasteiger partial charge in [-0.3, -0.25) is 9.20 Å². The lowest BCUT2D eigenvalue weighted by molar-refractivity contribution is 0.0939. The van der Waals surface area contributed by atoms with Gasteiger partial charge in [0.25, 0.3) is 5.91 Å². The minimum absolute atomic E-state index is 0.103. The molecule has 118 valence electrons. The Morgan fingerprint density at radius 3 is 2.87 bits per heavy atom. The summed E-state index contributed by atoms with van der Waals surface area (Å²) in [6.07, 6.45) is 2.69. The maximum absolute atomic E-state index is 12.2. The number of amides is 1. The van der Waals surface area contributed by atoms with E-state index in [-0.39, 0.29) is 11.9 Å². The smallest absolute Gasteiger partial charge is 0.251 e. The Balaban J connectivity index is 1.96. The molecular formula is C17H17ClN4O. The van der Waals surface area contributed by atoms with E-state index < -0.39 is 0 Å². The minimum atomic E-state index is -0.103. The van der Waals surface area contributed by atoms with Gasteiger partial charge in [-0.2, -0.15) is 0 Å². The van der Waals surface area contributed by atoms with Gasteiger partial charge in [0.05, 0.1) is 0 Å². The average molecular weight is 329 g/mol.